The van der Waals surface area contributed by atoms with E-state index in [0.717, 1.165) is 0 Å². The largest absolute Gasteiger partial charge is 0.801 e. The van der Waals surface area contributed by atoms with E-state index in [2.05, 4.69) is 22.4 Å². The first kappa shape index (κ1) is 10.4. The molecule has 2 nitrogen and oxygen atoms in total. The molecule has 0 bridgehead atoms. The van der Waals surface area contributed by atoms with Crippen molar-refractivity contribution in [1.29, 1.82) is 0 Å². The van der Waals surface area contributed by atoms with E-state index >= 15 is 0 Å². The molecule has 0 N–H and O–H groups in total. The summed E-state index contributed by atoms with van der Waals surface area (Å²) in [4.78, 5) is 0. The van der Waals surface area contributed by atoms with Gasteiger partial charge in [-0.2, -0.15) is 0 Å². The monoisotopic (exact) mass is 235 g/mol. The van der Waals surface area contributed by atoms with Crippen molar-refractivity contribution in [1.82, 2.24) is 0 Å². The molecule has 0 fully saturated rings. The zero-order valence-electron chi connectivity index (χ0n) is 2.34. The predicted molar refractivity (Wildman–Crippen MR) is 23.6 cm³/mol. The maximum atomic E-state index is 9.26. The summed E-state index contributed by atoms with van der Waals surface area (Å²) in [5.41, 5.74) is 0. The summed E-state index contributed by atoms with van der Waals surface area (Å²) < 4.78 is 18.5. The fraction of sp³-hybridized carbons (Fsp3) is 0. The Bertz CT molecular complexity index is 92.0. The van der Waals surface area contributed by atoms with Crippen LogP contribution in [-0.4, -0.2) is 9.11 Å². The Morgan fingerprint density at radius 3 is 1.17 bits per heavy atom. The van der Waals surface area contributed by atoms with E-state index in [0.29, 0.717) is 0 Å². The van der Waals surface area contributed by atoms with Gasteiger partial charge in [0.05, 0.1) is 0 Å². The van der Waals surface area contributed by atoms with E-state index in [9.17, 15) is 9.11 Å². The van der Waals surface area contributed by atoms with E-state index in [4.69, 9.17) is 0 Å². The molecular formula is AgO2S3-2. The van der Waals surface area contributed by atoms with Gasteiger partial charge >= 0.3 is 0 Å². The maximum absolute atomic E-state index is 9.26. The molecule has 0 aromatic rings. The molecule has 0 heterocycles. The van der Waals surface area contributed by atoms with Gasteiger partial charge in [0, 0.05) is 22.4 Å². The van der Waals surface area contributed by atoms with Crippen molar-refractivity contribution < 1.29 is 31.5 Å². The molecule has 1 radical (unpaired) electrons. The Labute approximate surface area is 61.3 Å². The molecule has 0 spiro atoms. The van der Waals surface area contributed by atoms with Crippen molar-refractivity contribution in [2.45, 2.75) is 0 Å². The van der Waals surface area contributed by atoms with Crippen LogP contribution in [0.1, 0.15) is 0 Å². The average Bonchev–Trinajstić information content (AvgIpc) is 0.722. The molecule has 6 heteroatoms. The van der Waals surface area contributed by atoms with Crippen LogP contribution < -0.4 is 0 Å². The first-order valence-corrected chi connectivity index (χ1v) is 4.00. The third-order valence-electron chi connectivity index (χ3n) is 0. The number of rotatable bonds is 0. The smallest absolute Gasteiger partial charge is 0 e. The van der Waals surface area contributed by atoms with E-state index in [1.807, 2.05) is 0 Å². The molecule has 0 aromatic carbocycles. The van der Waals surface area contributed by atoms with Crippen molar-refractivity contribution in [2.75, 3.05) is 0 Å². The van der Waals surface area contributed by atoms with Crippen LogP contribution in [0.3, 0.4) is 0 Å². The third-order valence-corrected chi connectivity index (χ3v) is 0. The standard InChI is InChI=1S/Ag.H2O2S3/c;1-5(2,3)4/h;(H2,1,2,3,4)/p-2. The predicted octanol–water partition coefficient (Wildman–Crippen LogP) is -0.677. The minimum absolute atomic E-state index is 0. The molecule has 0 unspecified atom stereocenters. The molecule has 6 heavy (non-hydrogen) atoms. The summed E-state index contributed by atoms with van der Waals surface area (Å²) >= 11 is 7.23. The molecule has 0 saturated carbocycles. The van der Waals surface area contributed by atoms with Crippen molar-refractivity contribution in [3.05, 3.63) is 0 Å². The van der Waals surface area contributed by atoms with E-state index in [1.54, 1.807) is 0 Å². The van der Waals surface area contributed by atoms with Crippen LogP contribution in [-0.2, 0) is 52.5 Å². The number of hydrogen-bond acceptors (Lipinski definition) is 4. The number of hydrogen-bond donors (Lipinski definition) is 0. The van der Waals surface area contributed by atoms with Gasteiger partial charge in [0.15, 0.2) is 0 Å². The van der Waals surface area contributed by atoms with Gasteiger partial charge in [0.2, 0.25) is 0 Å². The van der Waals surface area contributed by atoms with Crippen LogP contribution >= 0.6 is 0 Å². The average molecular weight is 236 g/mol. The van der Waals surface area contributed by atoms with Crippen LogP contribution in [0.25, 0.3) is 0 Å². The van der Waals surface area contributed by atoms with Crippen molar-refractivity contribution in [3.8, 4) is 0 Å². The summed E-state index contributed by atoms with van der Waals surface area (Å²) in [7, 11) is -3.50. The minimum atomic E-state index is -3.50. The van der Waals surface area contributed by atoms with Gasteiger partial charge < -0.3 is 9.11 Å². The molecule has 0 aliphatic carbocycles. The molecule has 0 aromatic heterocycles. The summed E-state index contributed by atoms with van der Waals surface area (Å²) in [5.74, 6) is 0. The fourth-order valence-electron chi connectivity index (χ4n) is 0. The van der Waals surface area contributed by atoms with Gasteiger partial charge in [-0.3, -0.25) is 0 Å². The van der Waals surface area contributed by atoms with Crippen LogP contribution in [0.2, 0.25) is 0 Å². The van der Waals surface area contributed by atoms with Gasteiger partial charge in [0.1, 0.15) is 0 Å². The summed E-state index contributed by atoms with van der Waals surface area (Å²) in [5, 5.41) is 0. The Hall–Kier alpha value is 1.45. The third kappa shape index (κ3) is 51.3. The Kier molecular flexibility index (Phi) is 6.00. The van der Waals surface area contributed by atoms with Crippen molar-refractivity contribution >= 4 is 30.1 Å². The van der Waals surface area contributed by atoms with Crippen LogP contribution in [0.5, 0.6) is 0 Å². The fourth-order valence-corrected chi connectivity index (χ4v) is 0. The molecule has 0 amide bonds. The molecular weight excluding hydrogens is 236 g/mol. The van der Waals surface area contributed by atoms with E-state index in [-0.39, 0.29) is 22.4 Å². The molecule has 0 saturated heterocycles. The SMILES string of the molecule is [Ag].[O-]S([O-])(=S)=S. The first-order valence-electron chi connectivity index (χ1n) is 0.667. The molecule has 0 aliphatic rings. The van der Waals surface area contributed by atoms with Gasteiger partial charge in [-0.05, 0) is 0 Å². The molecule has 0 rings (SSSR count). The normalized spacial score (nSPS) is 9.67. The molecule has 0 aliphatic heterocycles. The Morgan fingerprint density at radius 2 is 1.17 bits per heavy atom. The maximum Gasteiger partial charge on any atom is 0 e. The van der Waals surface area contributed by atoms with E-state index in [1.165, 1.54) is 0 Å². The van der Waals surface area contributed by atoms with Crippen LogP contribution in [0.15, 0.2) is 0 Å². The second-order valence-electron chi connectivity index (χ2n) is 0.408. The van der Waals surface area contributed by atoms with Crippen LogP contribution in [0.4, 0.5) is 0 Å². The van der Waals surface area contributed by atoms with Crippen molar-refractivity contribution in [2.24, 2.45) is 0 Å². The van der Waals surface area contributed by atoms with Gasteiger partial charge in [-0.1, -0.05) is 22.4 Å². The zero-order valence-corrected chi connectivity index (χ0v) is 6.27. The Balaban J connectivity index is 0. The molecule has 43 valence electrons. The van der Waals surface area contributed by atoms with Gasteiger partial charge in [-0.15, -0.1) is 0 Å². The summed E-state index contributed by atoms with van der Waals surface area (Å²) in [6.07, 6.45) is 0. The quantitative estimate of drug-likeness (QED) is 0.523. The first-order chi connectivity index (χ1) is 2.00. The second-order valence-corrected chi connectivity index (χ2v) is 4.49. The van der Waals surface area contributed by atoms with Crippen molar-refractivity contribution in [3.63, 3.8) is 0 Å². The topological polar surface area (TPSA) is 46.1 Å². The van der Waals surface area contributed by atoms with E-state index < -0.39 is 7.71 Å². The van der Waals surface area contributed by atoms with Crippen LogP contribution in [0, 0.1) is 0 Å². The molecule has 0 atom stereocenters. The van der Waals surface area contributed by atoms with Gasteiger partial charge in [-0.25, -0.2) is 7.71 Å². The Morgan fingerprint density at radius 1 is 1.17 bits per heavy atom. The minimum Gasteiger partial charge on any atom is -0.801 e. The summed E-state index contributed by atoms with van der Waals surface area (Å²) in [6.45, 7) is 0. The summed E-state index contributed by atoms with van der Waals surface area (Å²) in [6, 6.07) is 0. The zero-order chi connectivity index (χ0) is 4.50. The van der Waals surface area contributed by atoms with Gasteiger partial charge in [0.25, 0.3) is 0 Å². The second kappa shape index (κ2) is 3.45.